The maximum Gasteiger partial charge on any atom is 0.282 e. The van der Waals surface area contributed by atoms with Crippen LogP contribution in [0.15, 0.2) is 12.3 Å². The van der Waals surface area contributed by atoms with E-state index in [-0.39, 0.29) is 5.91 Å². The quantitative estimate of drug-likeness (QED) is 0.683. The molecule has 0 aliphatic heterocycles. The minimum Gasteiger partial charge on any atom is -0.397 e. The van der Waals surface area contributed by atoms with E-state index in [1.165, 1.54) is 0 Å². The first-order valence-corrected chi connectivity index (χ1v) is 4.48. The van der Waals surface area contributed by atoms with Crippen molar-refractivity contribution in [3.8, 4) is 0 Å². The Kier molecular flexibility index (Phi) is 3.14. The lowest BCUT2D eigenvalue weighted by Gasteiger charge is -2.12. The van der Waals surface area contributed by atoms with Crippen LogP contribution < -0.4 is 11.2 Å². The molecular formula is C9H16N4O. The summed E-state index contributed by atoms with van der Waals surface area (Å²) in [7, 11) is 3.53. The van der Waals surface area contributed by atoms with Crippen molar-refractivity contribution in [2.45, 2.75) is 13.5 Å². The number of nitrogens with one attached hydrogen (secondary N) is 1. The maximum absolute atomic E-state index is 11.6. The first-order valence-electron chi connectivity index (χ1n) is 4.48. The second-order valence-electron chi connectivity index (χ2n) is 3.28. The van der Waals surface area contributed by atoms with Gasteiger partial charge in [-0.2, -0.15) is 0 Å². The number of carbonyl (C=O) groups is 1. The van der Waals surface area contributed by atoms with Gasteiger partial charge in [0.15, 0.2) is 0 Å². The van der Waals surface area contributed by atoms with E-state index in [9.17, 15) is 4.79 Å². The normalized spacial score (nSPS) is 10.6. The Morgan fingerprint density at radius 2 is 2.29 bits per heavy atom. The van der Waals surface area contributed by atoms with Crippen LogP contribution in [0.3, 0.4) is 0 Å². The van der Waals surface area contributed by atoms with Gasteiger partial charge in [-0.25, -0.2) is 5.01 Å². The summed E-state index contributed by atoms with van der Waals surface area (Å²) in [5.41, 5.74) is 9.46. The highest BCUT2D eigenvalue weighted by Gasteiger charge is 2.11. The molecular weight excluding hydrogens is 180 g/mol. The minimum atomic E-state index is -0.145. The van der Waals surface area contributed by atoms with Crippen LogP contribution in [0.2, 0.25) is 0 Å². The van der Waals surface area contributed by atoms with E-state index in [1.807, 2.05) is 11.5 Å². The molecule has 0 fully saturated rings. The number of hydrogen-bond donors (Lipinski definition) is 2. The number of nitrogens with zero attached hydrogens (tertiary/aromatic N) is 2. The molecule has 0 bridgehead atoms. The minimum absolute atomic E-state index is 0.145. The van der Waals surface area contributed by atoms with Crippen molar-refractivity contribution in [2.75, 3.05) is 19.8 Å². The summed E-state index contributed by atoms with van der Waals surface area (Å²) < 4.78 is 1.81. The van der Waals surface area contributed by atoms with E-state index in [1.54, 1.807) is 31.4 Å². The predicted molar refractivity (Wildman–Crippen MR) is 55.7 cm³/mol. The molecule has 78 valence electrons. The Hall–Kier alpha value is -1.49. The fraction of sp³-hybridized carbons (Fsp3) is 0.444. The zero-order valence-electron chi connectivity index (χ0n) is 8.74. The Labute approximate surface area is 83.5 Å². The molecule has 0 spiro atoms. The standard InChI is InChI=1S/C9H16N4O/c1-4-13-6-7(10)5-8(13)9(14)11-12(2)3/h5-6H,4,10H2,1-3H3,(H,11,14). The number of nitrogens with two attached hydrogens (primary N) is 1. The predicted octanol–water partition coefficient (Wildman–Crippen LogP) is 0.297. The molecule has 0 saturated heterocycles. The number of rotatable bonds is 3. The summed E-state index contributed by atoms with van der Waals surface area (Å²) in [5, 5.41) is 1.60. The summed E-state index contributed by atoms with van der Waals surface area (Å²) in [4.78, 5) is 11.6. The van der Waals surface area contributed by atoms with Crippen molar-refractivity contribution >= 4 is 11.6 Å². The average molecular weight is 196 g/mol. The molecule has 3 N–H and O–H groups in total. The fourth-order valence-corrected chi connectivity index (χ4v) is 1.25. The van der Waals surface area contributed by atoms with Crippen LogP contribution in [0.1, 0.15) is 17.4 Å². The molecule has 1 heterocycles. The van der Waals surface area contributed by atoms with Crippen LogP contribution in [0.4, 0.5) is 5.69 Å². The molecule has 1 aromatic rings. The highest BCUT2D eigenvalue weighted by Crippen LogP contribution is 2.10. The summed E-state index contributed by atoms with van der Waals surface area (Å²) in [5.74, 6) is -0.145. The summed E-state index contributed by atoms with van der Waals surface area (Å²) in [6.45, 7) is 2.69. The molecule has 5 nitrogen and oxygen atoms in total. The third-order valence-electron chi connectivity index (χ3n) is 1.82. The van der Waals surface area contributed by atoms with Gasteiger partial charge in [0.1, 0.15) is 5.69 Å². The first kappa shape index (κ1) is 10.6. The van der Waals surface area contributed by atoms with Crippen LogP contribution in [-0.4, -0.2) is 29.6 Å². The van der Waals surface area contributed by atoms with E-state index < -0.39 is 0 Å². The van der Waals surface area contributed by atoms with Crippen LogP contribution >= 0.6 is 0 Å². The second kappa shape index (κ2) is 4.15. The van der Waals surface area contributed by atoms with Crippen molar-refractivity contribution in [3.63, 3.8) is 0 Å². The monoisotopic (exact) mass is 196 g/mol. The van der Waals surface area contributed by atoms with Gasteiger partial charge >= 0.3 is 0 Å². The van der Waals surface area contributed by atoms with Crippen molar-refractivity contribution < 1.29 is 4.79 Å². The lowest BCUT2D eigenvalue weighted by atomic mass is 10.4. The van der Waals surface area contributed by atoms with E-state index in [0.717, 1.165) is 6.54 Å². The Balaban J connectivity index is 2.88. The molecule has 5 heteroatoms. The Bertz CT molecular complexity index is 330. The fourth-order valence-electron chi connectivity index (χ4n) is 1.25. The Morgan fingerprint density at radius 1 is 1.64 bits per heavy atom. The number of hydrazine groups is 1. The lowest BCUT2D eigenvalue weighted by Crippen LogP contribution is -2.37. The van der Waals surface area contributed by atoms with E-state index >= 15 is 0 Å². The lowest BCUT2D eigenvalue weighted by molar-refractivity contribution is 0.0847. The van der Waals surface area contributed by atoms with Gasteiger partial charge in [-0.05, 0) is 13.0 Å². The van der Waals surface area contributed by atoms with Crippen molar-refractivity contribution in [1.29, 1.82) is 0 Å². The molecule has 0 aliphatic carbocycles. The maximum atomic E-state index is 11.6. The number of aryl methyl sites for hydroxylation is 1. The third-order valence-corrected chi connectivity index (χ3v) is 1.82. The number of aromatic nitrogens is 1. The van der Waals surface area contributed by atoms with Crippen molar-refractivity contribution in [1.82, 2.24) is 15.0 Å². The van der Waals surface area contributed by atoms with Gasteiger partial charge in [0.2, 0.25) is 0 Å². The van der Waals surface area contributed by atoms with E-state index in [2.05, 4.69) is 5.43 Å². The molecule has 0 aromatic carbocycles. The number of anilines is 1. The Morgan fingerprint density at radius 3 is 2.79 bits per heavy atom. The number of amides is 1. The summed E-state index contributed by atoms with van der Waals surface area (Å²) >= 11 is 0. The number of hydrogen-bond acceptors (Lipinski definition) is 3. The van der Waals surface area contributed by atoms with Gasteiger partial charge in [-0.3, -0.25) is 10.2 Å². The van der Waals surface area contributed by atoms with Crippen LogP contribution in [0, 0.1) is 0 Å². The molecule has 0 saturated carbocycles. The van der Waals surface area contributed by atoms with Crippen molar-refractivity contribution in [2.24, 2.45) is 0 Å². The van der Waals surface area contributed by atoms with Crippen molar-refractivity contribution in [3.05, 3.63) is 18.0 Å². The summed E-state index contributed by atoms with van der Waals surface area (Å²) in [6, 6.07) is 1.67. The van der Waals surface area contributed by atoms with Crippen LogP contribution in [0.5, 0.6) is 0 Å². The van der Waals surface area contributed by atoms with Gasteiger partial charge in [0.05, 0.1) is 5.69 Å². The molecule has 1 amide bonds. The highest BCUT2D eigenvalue weighted by atomic mass is 16.2. The first-order chi connectivity index (χ1) is 6.54. The van der Waals surface area contributed by atoms with Gasteiger partial charge in [-0.15, -0.1) is 0 Å². The van der Waals surface area contributed by atoms with Gasteiger partial charge in [0, 0.05) is 26.8 Å². The molecule has 0 atom stereocenters. The van der Waals surface area contributed by atoms with Crippen LogP contribution in [0.25, 0.3) is 0 Å². The topological polar surface area (TPSA) is 63.3 Å². The number of nitrogen functional groups attached to an aromatic ring is 1. The van der Waals surface area contributed by atoms with Crippen LogP contribution in [-0.2, 0) is 6.54 Å². The van der Waals surface area contributed by atoms with Gasteiger partial charge < -0.3 is 10.3 Å². The second-order valence-corrected chi connectivity index (χ2v) is 3.28. The zero-order valence-corrected chi connectivity index (χ0v) is 8.74. The SMILES string of the molecule is CCn1cc(N)cc1C(=O)NN(C)C. The van der Waals surface area contributed by atoms with Gasteiger partial charge in [-0.1, -0.05) is 0 Å². The van der Waals surface area contributed by atoms with E-state index in [0.29, 0.717) is 11.4 Å². The third kappa shape index (κ3) is 2.26. The van der Waals surface area contributed by atoms with E-state index in [4.69, 9.17) is 5.73 Å². The molecule has 0 radical (unpaired) electrons. The summed E-state index contributed by atoms with van der Waals surface area (Å²) in [6.07, 6.45) is 1.75. The average Bonchev–Trinajstić information content (AvgIpc) is 2.45. The largest absolute Gasteiger partial charge is 0.397 e. The van der Waals surface area contributed by atoms with Gasteiger partial charge in [0.25, 0.3) is 5.91 Å². The smallest absolute Gasteiger partial charge is 0.282 e. The molecule has 14 heavy (non-hydrogen) atoms. The molecule has 0 unspecified atom stereocenters. The highest BCUT2D eigenvalue weighted by molar-refractivity contribution is 5.93. The zero-order chi connectivity index (χ0) is 10.7. The molecule has 1 rings (SSSR count). The molecule has 0 aliphatic rings. The number of carbonyl (C=O) groups excluding carboxylic acids is 1. The molecule has 1 aromatic heterocycles.